The van der Waals surface area contributed by atoms with E-state index in [4.69, 9.17) is 0 Å². The summed E-state index contributed by atoms with van der Waals surface area (Å²) in [6, 6.07) is 0.436. The van der Waals surface area contributed by atoms with E-state index in [1.165, 1.54) is 12.4 Å². The Labute approximate surface area is 94.9 Å². The number of hydrogen-bond acceptors (Lipinski definition) is 4. The highest BCUT2D eigenvalue weighted by atomic mass is 19.1. The third-order valence-electron chi connectivity index (χ3n) is 2.80. The lowest BCUT2D eigenvalue weighted by atomic mass is 10.2. The minimum atomic E-state index is -0.384. The topological polar surface area (TPSA) is 41.1 Å². The smallest absolute Gasteiger partial charge is 0.225 e. The Kier molecular flexibility index (Phi) is 3.66. The highest BCUT2D eigenvalue weighted by Crippen LogP contribution is 2.15. The molecule has 0 saturated carbocycles. The van der Waals surface area contributed by atoms with Gasteiger partial charge in [0.1, 0.15) is 0 Å². The molecule has 1 aromatic rings. The van der Waals surface area contributed by atoms with Crippen molar-refractivity contribution in [2.24, 2.45) is 0 Å². The predicted molar refractivity (Wildman–Crippen MR) is 60.9 cm³/mol. The predicted octanol–water partition coefficient (Wildman–Crippen LogP) is 1.19. The summed E-state index contributed by atoms with van der Waals surface area (Å²) in [5.41, 5.74) is 0. The Morgan fingerprint density at radius 1 is 1.50 bits per heavy atom. The molecule has 1 fully saturated rings. The van der Waals surface area contributed by atoms with Gasteiger partial charge in [0.2, 0.25) is 5.95 Å². The van der Waals surface area contributed by atoms with Crippen LogP contribution >= 0.6 is 0 Å². The van der Waals surface area contributed by atoms with Gasteiger partial charge in [-0.15, -0.1) is 0 Å². The van der Waals surface area contributed by atoms with Gasteiger partial charge >= 0.3 is 0 Å². The van der Waals surface area contributed by atoms with Gasteiger partial charge in [0.05, 0.1) is 12.4 Å². The quantitative estimate of drug-likeness (QED) is 0.834. The van der Waals surface area contributed by atoms with Crippen molar-refractivity contribution in [3.63, 3.8) is 0 Å². The van der Waals surface area contributed by atoms with Gasteiger partial charge in [-0.25, -0.2) is 14.4 Å². The largest absolute Gasteiger partial charge is 0.337 e. The Bertz CT molecular complexity index is 321. The number of hydrogen-bond donors (Lipinski definition) is 1. The number of anilines is 1. The molecule has 0 spiro atoms. The average Bonchev–Trinajstić information content (AvgIpc) is 2.81. The maximum atomic E-state index is 12.8. The number of aromatic nitrogens is 2. The monoisotopic (exact) mass is 224 g/mol. The van der Waals surface area contributed by atoms with Gasteiger partial charge in [-0.05, 0) is 19.4 Å². The van der Waals surface area contributed by atoms with E-state index < -0.39 is 0 Å². The Morgan fingerprint density at radius 2 is 2.25 bits per heavy atom. The lowest BCUT2D eigenvalue weighted by molar-refractivity contribution is 0.589. The van der Waals surface area contributed by atoms with Gasteiger partial charge in [-0.1, -0.05) is 6.92 Å². The van der Waals surface area contributed by atoms with Crippen LogP contribution in [0.1, 0.15) is 19.8 Å². The second-order valence-electron chi connectivity index (χ2n) is 4.04. The Hall–Kier alpha value is -1.23. The first-order valence-electron chi connectivity index (χ1n) is 5.76. The van der Waals surface area contributed by atoms with Gasteiger partial charge in [-0.2, -0.15) is 0 Å². The fourth-order valence-electron chi connectivity index (χ4n) is 2.05. The average molecular weight is 224 g/mol. The molecule has 1 unspecified atom stereocenters. The maximum Gasteiger partial charge on any atom is 0.225 e. The van der Waals surface area contributed by atoms with E-state index in [9.17, 15) is 4.39 Å². The number of rotatable bonds is 4. The van der Waals surface area contributed by atoms with Gasteiger partial charge in [0.25, 0.3) is 0 Å². The fraction of sp³-hybridized carbons (Fsp3) is 0.636. The van der Waals surface area contributed by atoms with E-state index in [1.807, 2.05) is 0 Å². The van der Waals surface area contributed by atoms with E-state index in [0.717, 1.165) is 32.5 Å². The zero-order chi connectivity index (χ0) is 11.4. The molecule has 0 bridgehead atoms. The second-order valence-corrected chi connectivity index (χ2v) is 4.04. The van der Waals surface area contributed by atoms with E-state index in [0.29, 0.717) is 12.0 Å². The summed E-state index contributed by atoms with van der Waals surface area (Å²) in [5, 5.41) is 3.32. The van der Waals surface area contributed by atoms with Gasteiger partial charge in [-0.3, -0.25) is 0 Å². The van der Waals surface area contributed by atoms with E-state index in [2.05, 4.69) is 27.1 Å². The summed E-state index contributed by atoms with van der Waals surface area (Å²) in [6.07, 6.45) is 4.60. The van der Waals surface area contributed by atoms with E-state index in [-0.39, 0.29) is 5.82 Å². The van der Waals surface area contributed by atoms with Crippen molar-refractivity contribution in [3.05, 3.63) is 18.2 Å². The van der Waals surface area contributed by atoms with Crippen LogP contribution in [-0.4, -0.2) is 35.6 Å². The first kappa shape index (κ1) is 11.3. The number of halogens is 1. The molecule has 5 heteroatoms. The molecular formula is C11H17FN4. The maximum absolute atomic E-state index is 12.8. The minimum Gasteiger partial charge on any atom is -0.337 e. The zero-order valence-corrected chi connectivity index (χ0v) is 9.49. The van der Waals surface area contributed by atoms with Crippen LogP contribution in [0.5, 0.6) is 0 Å². The van der Waals surface area contributed by atoms with Crippen LogP contribution in [0.4, 0.5) is 10.3 Å². The molecule has 2 heterocycles. The molecule has 0 amide bonds. The van der Waals surface area contributed by atoms with E-state index in [1.54, 1.807) is 0 Å². The summed E-state index contributed by atoms with van der Waals surface area (Å²) in [4.78, 5) is 10.3. The van der Waals surface area contributed by atoms with Gasteiger partial charge in [0, 0.05) is 19.1 Å². The molecule has 2 rings (SSSR count). The molecule has 1 N–H and O–H groups in total. The Morgan fingerprint density at radius 3 is 2.81 bits per heavy atom. The fourth-order valence-corrected chi connectivity index (χ4v) is 2.05. The molecule has 88 valence electrons. The molecule has 1 saturated heterocycles. The summed E-state index contributed by atoms with van der Waals surface area (Å²) in [7, 11) is 0. The lowest BCUT2D eigenvalue weighted by Crippen LogP contribution is -2.38. The molecule has 1 aliphatic heterocycles. The highest BCUT2D eigenvalue weighted by Gasteiger charge is 2.23. The molecule has 4 nitrogen and oxygen atoms in total. The molecule has 16 heavy (non-hydrogen) atoms. The third kappa shape index (κ3) is 2.47. The molecule has 1 aliphatic rings. The lowest BCUT2D eigenvalue weighted by Gasteiger charge is -2.27. The first-order chi connectivity index (χ1) is 7.81. The van der Waals surface area contributed by atoms with Crippen LogP contribution in [0, 0.1) is 5.82 Å². The Balaban J connectivity index is 2.14. The second kappa shape index (κ2) is 5.21. The highest BCUT2D eigenvalue weighted by molar-refractivity contribution is 5.31. The van der Waals surface area contributed by atoms with Crippen LogP contribution in [-0.2, 0) is 0 Å². The van der Waals surface area contributed by atoms with Crippen LogP contribution in [0.15, 0.2) is 12.4 Å². The van der Waals surface area contributed by atoms with Crippen molar-refractivity contribution in [2.75, 3.05) is 24.5 Å². The van der Waals surface area contributed by atoms with Crippen molar-refractivity contribution >= 4 is 5.95 Å². The van der Waals surface area contributed by atoms with Gasteiger partial charge in [0.15, 0.2) is 5.82 Å². The van der Waals surface area contributed by atoms with Crippen LogP contribution in [0.3, 0.4) is 0 Å². The zero-order valence-electron chi connectivity index (χ0n) is 9.49. The van der Waals surface area contributed by atoms with Crippen molar-refractivity contribution in [2.45, 2.75) is 25.8 Å². The molecule has 0 radical (unpaired) electrons. The van der Waals surface area contributed by atoms with Crippen molar-refractivity contribution < 1.29 is 4.39 Å². The normalized spacial score (nSPS) is 20.0. The molecule has 1 aromatic heterocycles. The van der Waals surface area contributed by atoms with E-state index >= 15 is 0 Å². The van der Waals surface area contributed by atoms with Crippen molar-refractivity contribution in [1.29, 1.82) is 0 Å². The summed E-state index contributed by atoms with van der Waals surface area (Å²) in [5.74, 6) is 0.252. The molecule has 0 aromatic carbocycles. The van der Waals surface area contributed by atoms with Gasteiger partial charge < -0.3 is 10.2 Å². The minimum absolute atomic E-state index is 0.384. The first-order valence-corrected chi connectivity index (χ1v) is 5.76. The summed E-state index contributed by atoms with van der Waals surface area (Å²) >= 11 is 0. The van der Waals surface area contributed by atoms with Crippen LogP contribution in [0.2, 0.25) is 0 Å². The molecular weight excluding hydrogens is 207 g/mol. The SMILES string of the molecule is CCCN(c1ncc(F)cn1)C1CCNC1. The third-order valence-corrected chi connectivity index (χ3v) is 2.80. The van der Waals surface area contributed by atoms with Crippen molar-refractivity contribution in [3.8, 4) is 0 Å². The van der Waals surface area contributed by atoms with Crippen LogP contribution < -0.4 is 10.2 Å². The van der Waals surface area contributed by atoms with Crippen LogP contribution in [0.25, 0.3) is 0 Å². The molecule has 1 atom stereocenters. The molecule has 0 aliphatic carbocycles. The standard InChI is InChI=1S/C11H17FN4/c1-2-5-16(10-3-4-13-8-10)11-14-6-9(12)7-15-11/h6-7,10,13H,2-5,8H2,1H3. The van der Waals surface area contributed by atoms with Crippen molar-refractivity contribution in [1.82, 2.24) is 15.3 Å². The summed E-state index contributed by atoms with van der Waals surface area (Å²) in [6.45, 7) is 5.03. The number of nitrogens with zero attached hydrogens (tertiary/aromatic N) is 3. The summed E-state index contributed by atoms with van der Waals surface area (Å²) < 4.78 is 12.8. The number of nitrogens with one attached hydrogen (secondary N) is 1.